The molecule has 1 saturated heterocycles. The summed E-state index contributed by atoms with van der Waals surface area (Å²) in [5, 5.41) is 11.7. The molecule has 0 aliphatic carbocycles. The summed E-state index contributed by atoms with van der Waals surface area (Å²) in [7, 11) is 0. The highest BCUT2D eigenvalue weighted by Gasteiger charge is 2.21. The van der Waals surface area contributed by atoms with Crippen LogP contribution in [-0.2, 0) is 9.59 Å². The van der Waals surface area contributed by atoms with E-state index >= 15 is 0 Å². The van der Waals surface area contributed by atoms with Gasteiger partial charge in [0.25, 0.3) is 0 Å². The van der Waals surface area contributed by atoms with Crippen molar-refractivity contribution in [1.82, 2.24) is 10.2 Å². The van der Waals surface area contributed by atoms with Crippen LogP contribution in [0.5, 0.6) is 5.75 Å². The molecule has 1 fully saturated rings. The molecule has 0 spiro atoms. The third kappa shape index (κ3) is 7.99. The number of carbonyl (C=O) groups excluding carboxylic acids is 1. The van der Waals surface area contributed by atoms with Crippen molar-refractivity contribution in [3.05, 3.63) is 29.8 Å². The number of benzene rings is 1. The molecule has 1 aliphatic heterocycles. The van der Waals surface area contributed by atoms with Crippen molar-refractivity contribution in [3.8, 4) is 5.75 Å². The largest absolute Gasteiger partial charge is 0.492 e. The first-order valence-electron chi connectivity index (χ1n) is 9.87. The Kier molecular flexibility index (Phi) is 8.58. The third-order valence-corrected chi connectivity index (χ3v) is 4.98. The monoisotopic (exact) mass is 376 g/mol. The first-order valence-corrected chi connectivity index (χ1v) is 9.87. The topological polar surface area (TPSA) is 78.9 Å². The number of rotatable bonds is 10. The number of carboxylic acid groups (broad SMARTS) is 1. The van der Waals surface area contributed by atoms with E-state index in [0.717, 1.165) is 31.7 Å². The summed E-state index contributed by atoms with van der Waals surface area (Å²) < 4.78 is 5.67. The van der Waals surface area contributed by atoms with E-state index in [1.807, 2.05) is 12.1 Å². The molecule has 27 heavy (non-hydrogen) atoms. The third-order valence-electron chi connectivity index (χ3n) is 4.98. The molecule has 1 amide bonds. The van der Waals surface area contributed by atoms with Gasteiger partial charge in [0, 0.05) is 13.0 Å². The second-order valence-electron chi connectivity index (χ2n) is 7.60. The number of ether oxygens (including phenoxy) is 1. The Labute approximate surface area is 161 Å². The summed E-state index contributed by atoms with van der Waals surface area (Å²) in [4.78, 5) is 24.9. The van der Waals surface area contributed by atoms with Gasteiger partial charge in [0.05, 0.1) is 13.1 Å². The molecular formula is C21H32N2O4. The lowest BCUT2D eigenvalue weighted by Gasteiger charge is -2.32. The summed E-state index contributed by atoms with van der Waals surface area (Å²) in [5.74, 6) is 0.930. The van der Waals surface area contributed by atoms with Crippen molar-refractivity contribution < 1.29 is 19.4 Å². The number of carbonyl (C=O) groups is 2. The van der Waals surface area contributed by atoms with Gasteiger partial charge < -0.3 is 15.2 Å². The van der Waals surface area contributed by atoms with Crippen LogP contribution in [0.1, 0.15) is 51.0 Å². The molecule has 0 radical (unpaired) electrons. The quantitative estimate of drug-likeness (QED) is 0.614. The zero-order valence-electron chi connectivity index (χ0n) is 16.4. The average molecular weight is 376 g/mol. The van der Waals surface area contributed by atoms with Crippen LogP contribution in [0.25, 0.3) is 0 Å². The maximum absolute atomic E-state index is 12.1. The molecule has 0 saturated carbocycles. The van der Waals surface area contributed by atoms with Crippen molar-refractivity contribution in [3.63, 3.8) is 0 Å². The lowest BCUT2D eigenvalue weighted by Crippen LogP contribution is -2.43. The van der Waals surface area contributed by atoms with Crippen molar-refractivity contribution in [2.24, 2.45) is 5.92 Å². The molecule has 6 heteroatoms. The van der Waals surface area contributed by atoms with Gasteiger partial charge in [-0.3, -0.25) is 14.5 Å². The highest BCUT2D eigenvalue weighted by atomic mass is 16.5. The first kappa shape index (κ1) is 21.2. The molecule has 2 rings (SSSR count). The lowest BCUT2D eigenvalue weighted by atomic mass is 9.93. The highest BCUT2D eigenvalue weighted by molar-refractivity contribution is 5.78. The van der Waals surface area contributed by atoms with Crippen LogP contribution in [0.2, 0.25) is 0 Å². The number of aliphatic carboxylic acids is 1. The van der Waals surface area contributed by atoms with E-state index in [1.165, 1.54) is 5.56 Å². The van der Waals surface area contributed by atoms with Gasteiger partial charge in [0.1, 0.15) is 12.4 Å². The van der Waals surface area contributed by atoms with Gasteiger partial charge in [0.15, 0.2) is 0 Å². The SMILES string of the molecule is CC(C)c1ccc(OCCNC(=O)CN2CCCC(CCC(=O)O)C2)cc1. The van der Waals surface area contributed by atoms with Crippen LogP contribution >= 0.6 is 0 Å². The molecule has 150 valence electrons. The maximum Gasteiger partial charge on any atom is 0.303 e. The number of amides is 1. The molecule has 1 aromatic carbocycles. The molecule has 6 nitrogen and oxygen atoms in total. The molecule has 2 N–H and O–H groups in total. The lowest BCUT2D eigenvalue weighted by molar-refractivity contribution is -0.137. The Hall–Kier alpha value is -2.08. The Morgan fingerprint density at radius 1 is 1.30 bits per heavy atom. The number of hydrogen-bond acceptors (Lipinski definition) is 4. The molecule has 1 aliphatic rings. The molecule has 0 aromatic heterocycles. The van der Waals surface area contributed by atoms with Crippen LogP contribution in [0.3, 0.4) is 0 Å². The van der Waals surface area contributed by atoms with Gasteiger partial charge in [-0.05, 0) is 55.3 Å². The Bertz CT molecular complexity index is 601. The van der Waals surface area contributed by atoms with Crippen molar-refractivity contribution in [1.29, 1.82) is 0 Å². The van der Waals surface area contributed by atoms with Gasteiger partial charge in [0.2, 0.25) is 5.91 Å². The van der Waals surface area contributed by atoms with E-state index in [2.05, 4.69) is 36.2 Å². The van der Waals surface area contributed by atoms with Crippen LogP contribution in [-0.4, -0.2) is 54.7 Å². The zero-order chi connectivity index (χ0) is 19.6. The normalized spacial score (nSPS) is 17.7. The smallest absolute Gasteiger partial charge is 0.303 e. The number of nitrogens with zero attached hydrogens (tertiary/aromatic N) is 1. The molecule has 1 unspecified atom stereocenters. The predicted molar refractivity (Wildman–Crippen MR) is 105 cm³/mol. The fourth-order valence-electron chi connectivity index (χ4n) is 3.43. The summed E-state index contributed by atoms with van der Waals surface area (Å²) in [6.07, 6.45) is 2.97. The highest BCUT2D eigenvalue weighted by Crippen LogP contribution is 2.21. The number of likely N-dealkylation sites (tertiary alicyclic amines) is 1. The fourth-order valence-corrected chi connectivity index (χ4v) is 3.43. The number of hydrogen-bond donors (Lipinski definition) is 2. The van der Waals surface area contributed by atoms with E-state index in [0.29, 0.717) is 38.0 Å². The van der Waals surface area contributed by atoms with Gasteiger partial charge >= 0.3 is 5.97 Å². The number of carboxylic acids is 1. The van der Waals surface area contributed by atoms with Crippen LogP contribution in [0.4, 0.5) is 0 Å². The second kappa shape index (κ2) is 10.9. The second-order valence-corrected chi connectivity index (χ2v) is 7.60. The van der Waals surface area contributed by atoms with Crippen LogP contribution in [0.15, 0.2) is 24.3 Å². The minimum atomic E-state index is -0.747. The molecule has 1 atom stereocenters. The molecule has 1 aromatic rings. The van der Waals surface area contributed by atoms with E-state index in [4.69, 9.17) is 9.84 Å². The summed E-state index contributed by atoms with van der Waals surface area (Å²) in [5.41, 5.74) is 1.28. The Balaban J connectivity index is 1.62. The van der Waals surface area contributed by atoms with Gasteiger partial charge in [-0.2, -0.15) is 0 Å². The standard InChI is InChI=1S/C21H32N2O4/c1-16(2)18-6-8-19(9-7-18)27-13-11-22-20(24)15-23-12-3-4-17(14-23)5-10-21(25)26/h6-9,16-17H,3-5,10-15H2,1-2H3,(H,22,24)(H,25,26). The minimum absolute atomic E-state index is 0.00681. The maximum atomic E-state index is 12.1. The van der Waals surface area contributed by atoms with Crippen LogP contribution < -0.4 is 10.1 Å². The predicted octanol–water partition coefficient (Wildman–Crippen LogP) is 2.88. The molecule has 0 bridgehead atoms. The number of piperidine rings is 1. The Morgan fingerprint density at radius 3 is 2.70 bits per heavy atom. The van der Waals surface area contributed by atoms with Crippen LogP contribution in [0, 0.1) is 5.92 Å². The van der Waals surface area contributed by atoms with Crippen molar-refractivity contribution in [2.75, 3.05) is 32.8 Å². The van der Waals surface area contributed by atoms with E-state index < -0.39 is 5.97 Å². The van der Waals surface area contributed by atoms with Gasteiger partial charge in [-0.15, -0.1) is 0 Å². The summed E-state index contributed by atoms with van der Waals surface area (Å²) >= 11 is 0. The van der Waals surface area contributed by atoms with Gasteiger partial charge in [-0.25, -0.2) is 0 Å². The molecular weight excluding hydrogens is 344 g/mol. The minimum Gasteiger partial charge on any atom is -0.492 e. The summed E-state index contributed by atoms with van der Waals surface area (Å²) in [6, 6.07) is 8.05. The first-order chi connectivity index (χ1) is 12.9. The van der Waals surface area contributed by atoms with E-state index in [1.54, 1.807) is 0 Å². The van der Waals surface area contributed by atoms with E-state index in [-0.39, 0.29) is 12.3 Å². The van der Waals surface area contributed by atoms with Crippen molar-refractivity contribution in [2.45, 2.75) is 45.4 Å². The van der Waals surface area contributed by atoms with Crippen molar-refractivity contribution >= 4 is 11.9 Å². The number of nitrogens with one attached hydrogen (secondary N) is 1. The summed E-state index contributed by atoms with van der Waals surface area (Å²) in [6.45, 7) is 7.29. The fraction of sp³-hybridized carbons (Fsp3) is 0.619. The zero-order valence-corrected chi connectivity index (χ0v) is 16.4. The molecule has 1 heterocycles. The Morgan fingerprint density at radius 2 is 2.04 bits per heavy atom. The average Bonchev–Trinajstić information content (AvgIpc) is 2.64. The van der Waals surface area contributed by atoms with Gasteiger partial charge in [-0.1, -0.05) is 26.0 Å². The van der Waals surface area contributed by atoms with E-state index in [9.17, 15) is 9.59 Å².